The first kappa shape index (κ1) is 25.0. The molecule has 40 heavy (non-hydrogen) atoms. The number of rotatable bonds is 4. The molecule has 8 heteroatoms. The third kappa shape index (κ3) is 4.36. The molecule has 4 heterocycles. The molecule has 2 fully saturated rings. The Morgan fingerprint density at radius 2 is 1.73 bits per heavy atom. The number of hydrogen-bond donors (Lipinski definition) is 0. The second kappa shape index (κ2) is 10.2. The number of halogens is 1. The average molecular weight is 538 g/mol. The molecule has 0 saturated carbocycles. The number of carbonyl (C=O) groups is 1. The molecule has 7 nitrogen and oxygen atoms in total. The summed E-state index contributed by atoms with van der Waals surface area (Å²) in [5.74, 6) is 1.20. The van der Waals surface area contributed by atoms with Crippen LogP contribution in [0.4, 0.5) is 4.39 Å². The lowest BCUT2D eigenvalue weighted by Crippen LogP contribution is -2.38. The van der Waals surface area contributed by atoms with Crippen LogP contribution in [0, 0.1) is 5.82 Å². The number of benzene rings is 3. The van der Waals surface area contributed by atoms with E-state index >= 15 is 0 Å². The highest BCUT2D eigenvalue weighted by atomic mass is 19.1. The Morgan fingerprint density at radius 3 is 2.52 bits per heavy atom. The van der Waals surface area contributed by atoms with Gasteiger partial charge in [-0.25, -0.2) is 9.37 Å². The first-order chi connectivity index (χ1) is 19.6. The summed E-state index contributed by atoms with van der Waals surface area (Å²) >= 11 is 0. The van der Waals surface area contributed by atoms with Gasteiger partial charge in [0.2, 0.25) is 0 Å². The van der Waals surface area contributed by atoms with E-state index in [1.807, 2.05) is 36.2 Å². The zero-order chi connectivity index (χ0) is 27.2. The lowest BCUT2D eigenvalue weighted by molar-refractivity contribution is 0.0668. The van der Waals surface area contributed by atoms with E-state index in [0.717, 1.165) is 66.7 Å². The van der Waals surface area contributed by atoms with Crippen molar-refractivity contribution in [2.75, 3.05) is 26.3 Å². The maximum atomic E-state index is 13.8. The average Bonchev–Trinajstić information content (AvgIpc) is 3.55. The minimum absolute atomic E-state index is 0.0341. The molecule has 3 aromatic carbocycles. The number of fused-ring (bicyclic) bond motifs is 2. The van der Waals surface area contributed by atoms with Crippen LogP contribution in [0.5, 0.6) is 0 Å². The summed E-state index contributed by atoms with van der Waals surface area (Å²) in [4.78, 5) is 20.6. The summed E-state index contributed by atoms with van der Waals surface area (Å²) < 4.78 is 23.7. The van der Waals surface area contributed by atoms with Crippen molar-refractivity contribution in [2.45, 2.75) is 37.6 Å². The third-order valence-corrected chi connectivity index (χ3v) is 8.52. The molecule has 2 saturated heterocycles. The summed E-state index contributed by atoms with van der Waals surface area (Å²) in [6.45, 7) is 2.96. The Kier molecular flexibility index (Phi) is 6.35. The third-order valence-electron chi connectivity index (χ3n) is 8.52. The molecule has 2 aromatic heterocycles. The van der Waals surface area contributed by atoms with Gasteiger partial charge < -0.3 is 14.2 Å². The number of ether oxygens (including phenoxy) is 1. The molecule has 2 aliphatic heterocycles. The summed E-state index contributed by atoms with van der Waals surface area (Å²) in [6.07, 6.45) is 3.77. The highest BCUT2D eigenvalue weighted by Gasteiger charge is 2.31. The molecule has 1 amide bonds. The number of likely N-dealkylation sites (tertiary alicyclic amines) is 1. The minimum Gasteiger partial charge on any atom is -0.381 e. The second-order valence-electron chi connectivity index (χ2n) is 11.0. The van der Waals surface area contributed by atoms with Crippen LogP contribution in [-0.2, 0) is 11.8 Å². The SMILES string of the molecule is Cn1nc(-c2cccc(F)c2)c2ccc(C(=O)N3CCC(c4nc5ccccc5n4C4CCOCC4)CC3)cc21. The van der Waals surface area contributed by atoms with Gasteiger partial charge in [0.1, 0.15) is 17.3 Å². The number of piperidine rings is 1. The number of para-hydroxylation sites is 2. The van der Waals surface area contributed by atoms with Crippen molar-refractivity contribution in [2.24, 2.45) is 7.05 Å². The summed E-state index contributed by atoms with van der Waals surface area (Å²) in [5, 5.41) is 5.53. The Morgan fingerprint density at radius 1 is 0.925 bits per heavy atom. The van der Waals surface area contributed by atoms with Crippen LogP contribution in [0.2, 0.25) is 0 Å². The van der Waals surface area contributed by atoms with Crippen LogP contribution < -0.4 is 0 Å². The molecule has 7 rings (SSSR count). The van der Waals surface area contributed by atoms with E-state index in [1.165, 1.54) is 17.6 Å². The zero-order valence-corrected chi connectivity index (χ0v) is 22.6. The van der Waals surface area contributed by atoms with Crippen LogP contribution in [0.3, 0.4) is 0 Å². The Balaban J connectivity index is 1.11. The normalized spacial score (nSPS) is 17.2. The summed E-state index contributed by atoms with van der Waals surface area (Å²) in [6, 6.07) is 21.0. The van der Waals surface area contributed by atoms with E-state index in [9.17, 15) is 9.18 Å². The molecule has 0 unspecified atom stereocenters. The van der Waals surface area contributed by atoms with Crippen molar-refractivity contribution in [1.82, 2.24) is 24.2 Å². The van der Waals surface area contributed by atoms with Gasteiger partial charge in [-0.05, 0) is 68.1 Å². The van der Waals surface area contributed by atoms with Crippen LogP contribution in [-0.4, -0.2) is 56.4 Å². The van der Waals surface area contributed by atoms with Crippen LogP contribution in [0.1, 0.15) is 53.8 Å². The Labute approximate surface area is 232 Å². The van der Waals surface area contributed by atoms with Gasteiger partial charge in [0.25, 0.3) is 5.91 Å². The molecule has 204 valence electrons. The van der Waals surface area contributed by atoms with E-state index in [-0.39, 0.29) is 11.7 Å². The molecule has 0 bridgehead atoms. The van der Waals surface area contributed by atoms with E-state index < -0.39 is 0 Å². The van der Waals surface area contributed by atoms with Crippen molar-refractivity contribution >= 4 is 27.8 Å². The fraction of sp³-hybridized carbons (Fsp3) is 0.344. The fourth-order valence-corrected chi connectivity index (χ4v) is 6.44. The number of hydrogen-bond acceptors (Lipinski definition) is 4. The number of aromatic nitrogens is 4. The predicted octanol–water partition coefficient (Wildman–Crippen LogP) is 6.10. The van der Waals surface area contributed by atoms with Gasteiger partial charge in [-0.15, -0.1) is 0 Å². The van der Waals surface area contributed by atoms with Gasteiger partial charge in [-0.3, -0.25) is 9.48 Å². The number of aryl methyl sites for hydroxylation is 1. The lowest BCUT2D eigenvalue weighted by atomic mass is 9.94. The highest BCUT2D eigenvalue weighted by Crippen LogP contribution is 2.36. The van der Waals surface area contributed by atoms with E-state index in [1.54, 1.807) is 10.7 Å². The predicted molar refractivity (Wildman–Crippen MR) is 153 cm³/mol. The molecule has 0 spiro atoms. The summed E-state index contributed by atoms with van der Waals surface area (Å²) in [5.41, 5.74) is 5.18. The molecule has 0 aliphatic carbocycles. The van der Waals surface area contributed by atoms with Crippen molar-refractivity contribution in [3.05, 3.63) is 83.9 Å². The first-order valence-corrected chi connectivity index (χ1v) is 14.1. The lowest BCUT2D eigenvalue weighted by Gasteiger charge is -2.33. The maximum Gasteiger partial charge on any atom is 0.253 e. The van der Waals surface area contributed by atoms with Gasteiger partial charge in [0.15, 0.2) is 0 Å². The van der Waals surface area contributed by atoms with Gasteiger partial charge in [-0.1, -0.05) is 24.3 Å². The largest absolute Gasteiger partial charge is 0.381 e. The van der Waals surface area contributed by atoms with E-state index in [4.69, 9.17) is 9.72 Å². The molecule has 0 radical (unpaired) electrons. The maximum absolute atomic E-state index is 13.8. The van der Waals surface area contributed by atoms with Crippen molar-refractivity contribution in [3.8, 4) is 11.3 Å². The van der Waals surface area contributed by atoms with Crippen molar-refractivity contribution in [1.29, 1.82) is 0 Å². The number of amides is 1. The fourth-order valence-electron chi connectivity index (χ4n) is 6.44. The summed E-state index contributed by atoms with van der Waals surface area (Å²) in [7, 11) is 1.86. The molecular weight excluding hydrogens is 505 g/mol. The second-order valence-corrected chi connectivity index (χ2v) is 11.0. The van der Waals surface area contributed by atoms with Crippen LogP contribution >= 0.6 is 0 Å². The van der Waals surface area contributed by atoms with E-state index in [2.05, 4.69) is 33.9 Å². The zero-order valence-electron chi connectivity index (χ0n) is 22.6. The first-order valence-electron chi connectivity index (χ1n) is 14.1. The molecule has 0 atom stereocenters. The quantitative estimate of drug-likeness (QED) is 0.278. The Hall–Kier alpha value is -4.04. The van der Waals surface area contributed by atoms with Gasteiger partial charge in [-0.2, -0.15) is 5.10 Å². The van der Waals surface area contributed by atoms with Crippen LogP contribution in [0.15, 0.2) is 66.7 Å². The van der Waals surface area contributed by atoms with E-state index in [0.29, 0.717) is 36.3 Å². The number of imidazole rings is 1. The highest BCUT2D eigenvalue weighted by molar-refractivity contribution is 6.01. The van der Waals surface area contributed by atoms with Crippen molar-refractivity contribution < 1.29 is 13.9 Å². The Bertz CT molecular complexity index is 1710. The molecule has 5 aromatic rings. The monoisotopic (exact) mass is 537 g/mol. The van der Waals surface area contributed by atoms with Gasteiger partial charge in [0, 0.05) is 61.8 Å². The minimum atomic E-state index is -0.296. The van der Waals surface area contributed by atoms with Crippen molar-refractivity contribution in [3.63, 3.8) is 0 Å². The van der Waals surface area contributed by atoms with Gasteiger partial charge >= 0.3 is 0 Å². The van der Waals surface area contributed by atoms with Crippen LogP contribution in [0.25, 0.3) is 33.2 Å². The molecule has 0 N–H and O–H groups in total. The standard InChI is InChI=1S/C32H32FN5O2/c1-36-29-20-23(9-10-26(29)30(35-36)22-5-4-6-24(33)19-22)32(39)37-15-11-21(12-16-37)31-34-27-7-2-3-8-28(27)38(31)25-13-17-40-18-14-25/h2-10,19-21,25H,11-18H2,1H3. The number of carbonyl (C=O) groups excluding carboxylic acids is 1. The molecule has 2 aliphatic rings. The van der Waals surface area contributed by atoms with Gasteiger partial charge in [0.05, 0.1) is 16.6 Å². The molecular formula is C32H32FN5O2. The smallest absolute Gasteiger partial charge is 0.253 e. The topological polar surface area (TPSA) is 65.2 Å². The number of nitrogens with zero attached hydrogens (tertiary/aromatic N) is 5.